The molecular weight excluding hydrogens is 393 g/mol. The molecule has 1 aliphatic rings. The zero-order chi connectivity index (χ0) is 22.5. The van der Waals surface area contributed by atoms with Crippen LogP contribution in [-0.4, -0.2) is 41.2 Å². The van der Waals surface area contributed by atoms with E-state index in [1.807, 2.05) is 12.1 Å². The van der Waals surface area contributed by atoms with Crippen LogP contribution >= 0.6 is 0 Å². The maximum atomic E-state index is 11.4. The van der Waals surface area contributed by atoms with Gasteiger partial charge in [0.25, 0.3) is 0 Å². The zero-order valence-electron chi connectivity index (χ0n) is 18.6. The van der Waals surface area contributed by atoms with Gasteiger partial charge in [-0.25, -0.2) is 4.79 Å². The third kappa shape index (κ3) is 6.00. The summed E-state index contributed by atoms with van der Waals surface area (Å²) in [4.78, 5) is 11.4. The van der Waals surface area contributed by atoms with Gasteiger partial charge in [0.1, 0.15) is 5.75 Å². The van der Waals surface area contributed by atoms with Gasteiger partial charge >= 0.3 is 13.1 Å². The third-order valence-electron chi connectivity index (χ3n) is 5.31. The molecule has 3 rings (SSSR count). The summed E-state index contributed by atoms with van der Waals surface area (Å²) in [6.07, 6.45) is 0.466. The lowest BCUT2D eigenvalue weighted by Gasteiger charge is -2.29. The van der Waals surface area contributed by atoms with E-state index in [1.54, 1.807) is 6.07 Å². The van der Waals surface area contributed by atoms with Crippen LogP contribution < -0.4 is 20.6 Å². The van der Waals surface area contributed by atoms with Crippen LogP contribution in [0.5, 0.6) is 5.75 Å². The molecule has 2 aromatic carbocycles. The number of hydrogen-bond acceptors (Lipinski definition) is 6. The van der Waals surface area contributed by atoms with Crippen molar-refractivity contribution in [3.8, 4) is 5.75 Å². The van der Waals surface area contributed by atoms with Gasteiger partial charge in [-0.2, -0.15) is 0 Å². The van der Waals surface area contributed by atoms with Crippen LogP contribution in [0.2, 0.25) is 0 Å². The summed E-state index contributed by atoms with van der Waals surface area (Å²) in [6, 6.07) is 12.0. The summed E-state index contributed by atoms with van der Waals surface area (Å²) in [6.45, 7) is 10.0. The molecule has 0 unspecified atom stereocenters. The van der Waals surface area contributed by atoms with Crippen LogP contribution in [0.25, 0.3) is 0 Å². The minimum atomic E-state index is -1.15. The number of rotatable bonds is 9. The lowest BCUT2D eigenvalue weighted by atomic mass is 9.72. The number of carbonyl (C=O) groups is 1. The molecule has 7 nitrogen and oxygen atoms in total. The standard InChI is InChI=1S/C23H32BN3O4/c1-14(2)25-12-17-8-9-19(10-18(17)13-26-15(3)4)27-21-11-16-6-5-7-20(23(28)29)22(16)31-24(21)30/h5-10,14-15,21,25-27,30H,11-13H2,1-4H3,(H,28,29)/t21-/m0/s1. The zero-order valence-corrected chi connectivity index (χ0v) is 18.6. The van der Waals surface area contributed by atoms with Gasteiger partial charge in [-0.3, -0.25) is 0 Å². The monoisotopic (exact) mass is 425 g/mol. The summed E-state index contributed by atoms with van der Waals surface area (Å²) >= 11 is 0. The molecule has 1 atom stereocenters. The number of anilines is 1. The minimum absolute atomic E-state index is 0.0686. The SMILES string of the molecule is CC(C)NCc1ccc(N[C@H]2Cc3cccc(C(=O)O)c3OB2O)cc1CNC(C)C. The fourth-order valence-electron chi connectivity index (χ4n) is 3.61. The van der Waals surface area contributed by atoms with Crippen LogP contribution in [0.1, 0.15) is 54.7 Å². The van der Waals surface area contributed by atoms with Crippen molar-refractivity contribution in [2.75, 3.05) is 5.32 Å². The van der Waals surface area contributed by atoms with Gasteiger partial charge in [0.15, 0.2) is 0 Å². The first-order valence-electron chi connectivity index (χ1n) is 10.8. The number of nitrogens with one attached hydrogen (secondary N) is 3. The van der Waals surface area contributed by atoms with Crippen molar-refractivity contribution in [3.63, 3.8) is 0 Å². The Morgan fingerprint density at radius 1 is 1.10 bits per heavy atom. The Balaban J connectivity index is 1.79. The van der Waals surface area contributed by atoms with E-state index in [0.717, 1.165) is 24.3 Å². The largest absolute Gasteiger partial charge is 0.546 e. The maximum absolute atomic E-state index is 11.4. The fraction of sp³-hybridized carbons (Fsp3) is 0.435. The number of carboxylic acids is 1. The van der Waals surface area contributed by atoms with Gasteiger partial charge in [0.05, 0.1) is 11.5 Å². The van der Waals surface area contributed by atoms with E-state index in [9.17, 15) is 14.9 Å². The van der Waals surface area contributed by atoms with E-state index in [4.69, 9.17) is 4.65 Å². The van der Waals surface area contributed by atoms with Gasteiger partial charge in [-0.1, -0.05) is 45.9 Å². The normalized spacial score (nSPS) is 15.7. The second kappa shape index (κ2) is 10.2. The number of fused-ring (bicyclic) bond motifs is 1. The molecule has 0 radical (unpaired) electrons. The molecule has 0 aromatic heterocycles. The van der Waals surface area contributed by atoms with Crippen molar-refractivity contribution in [1.29, 1.82) is 0 Å². The van der Waals surface area contributed by atoms with E-state index in [2.05, 4.69) is 55.8 Å². The minimum Gasteiger partial charge on any atom is -0.534 e. The molecule has 0 aliphatic carbocycles. The highest BCUT2D eigenvalue weighted by Gasteiger charge is 2.36. The molecule has 0 spiro atoms. The fourth-order valence-corrected chi connectivity index (χ4v) is 3.61. The molecule has 0 fully saturated rings. The van der Waals surface area contributed by atoms with E-state index >= 15 is 0 Å². The highest BCUT2D eigenvalue weighted by molar-refractivity contribution is 6.47. The van der Waals surface area contributed by atoms with E-state index in [0.29, 0.717) is 18.5 Å². The average molecular weight is 425 g/mol. The molecule has 0 saturated heterocycles. The molecule has 0 saturated carbocycles. The maximum Gasteiger partial charge on any atom is 0.546 e. The van der Waals surface area contributed by atoms with Gasteiger partial charge in [0.2, 0.25) is 0 Å². The molecule has 31 heavy (non-hydrogen) atoms. The molecule has 166 valence electrons. The quantitative estimate of drug-likeness (QED) is 0.394. The highest BCUT2D eigenvalue weighted by atomic mass is 16.5. The van der Waals surface area contributed by atoms with Crippen LogP contribution in [0.4, 0.5) is 5.69 Å². The lowest BCUT2D eigenvalue weighted by molar-refractivity contribution is 0.0694. The first-order valence-corrected chi connectivity index (χ1v) is 10.8. The Kier molecular flexibility index (Phi) is 7.59. The van der Waals surface area contributed by atoms with Crippen LogP contribution in [-0.2, 0) is 19.5 Å². The number of carboxylic acid groups (broad SMARTS) is 1. The summed E-state index contributed by atoms with van der Waals surface area (Å²) in [7, 11) is -1.15. The van der Waals surface area contributed by atoms with Gasteiger partial charge in [-0.15, -0.1) is 0 Å². The first kappa shape index (κ1) is 23.1. The number of para-hydroxylation sites is 1. The van der Waals surface area contributed by atoms with Crippen molar-refractivity contribution < 1.29 is 19.6 Å². The highest BCUT2D eigenvalue weighted by Crippen LogP contribution is 2.31. The predicted molar refractivity (Wildman–Crippen MR) is 124 cm³/mol. The molecule has 0 amide bonds. The average Bonchev–Trinajstić information content (AvgIpc) is 2.71. The molecule has 1 aliphatic heterocycles. The topological polar surface area (TPSA) is 103 Å². The Morgan fingerprint density at radius 2 is 1.77 bits per heavy atom. The number of hydrogen-bond donors (Lipinski definition) is 5. The second-order valence-corrected chi connectivity index (χ2v) is 8.62. The Labute approximate surface area is 184 Å². The Hall–Kier alpha value is -2.55. The third-order valence-corrected chi connectivity index (χ3v) is 5.31. The molecule has 1 heterocycles. The van der Waals surface area contributed by atoms with Crippen molar-refractivity contribution in [2.45, 2.75) is 65.2 Å². The Bertz CT molecular complexity index is 920. The Morgan fingerprint density at radius 3 is 2.42 bits per heavy atom. The van der Waals surface area contributed by atoms with Crippen molar-refractivity contribution in [2.24, 2.45) is 0 Å². The van der Waals surface area contributed by atoms with Crippen LogP contribution in [0, 0.1) is 0 Å². The van der Waals surface area contributed by atoms with E-state index in [-0.39, 0.29) is 17.3 Å². The van der Waals surface area contributed by atoms with Gasteiger partial charge < -0.3 is 30.7 Å². The summed E-state index contributed by atoms with van der Waals surface area (Å²) < 4.78 is 5.60. The molecule has 5 N–H and O–H groups in total. The predicted octanol–water partition coefficient (Wildman–Crippen LogP) is 2.82. The molecular formula is C23H32BN3O4. The van der Waals surface area contributed by atoms with E-state index < -0.39 is 13.1 Å². The van der Waals surface area contributed by atoms with Gasteiger partial charge in [0, 0.05) is 30.9 Å². The van der Waals surface area contributed by atoms with Crippen LogP contribution in [0.15, 0.2) is 36.4 Å². The van der Waals surface area contributed by atoms with Crippen molar-refractivity contribution in [3.05, 3.63) is 58.7 Å². The molecule has 8 heteroatoms. The molecule has 0 bridgehead atoms. The van der Waals surface area contributed by atoms with Crippen molar-refractivity contribution in [1.82, 2.24) is 10.6 Å². The summed E-state index contributed by atoms with van der Waals surface area (Å²) in [5, 5.41) is 30.2. The van der Waals surface area contributed by atoms with E-state index in [1.165, 1.54) is 17.2 Å². The second-order valence-electron chi connectivity index (χ2n) is 8.62. The lowest BCUT2D eigenvalue weighted by Crippen LogP contribution is -2.47. The summed E-state index contributed by atoms with van der Waals surface area (Å²) in [5.41, 5.74) is 4.14. The smallest absolute Gasteiger partial charge is 0.534 e. The van der Waals surface area contributed by atoms with Crippen molar-refractivity contribution >= 4 is 18.8 Å². The van der Waals surface area contributed by atoms with Gasteiger partial charge in [-0.05, 0) is 41.3 Å². The first-order chi connectivity index (χ1) is 14.7. The molecule has 2 aromatic rings. The number of benzene rings is 2. The number of aromatic carboxylic acids is 1. The van der Waals surface area contributed by atoms with Crippen LogP contribution in [0.3, 0.4) is 0 Å². The summed E-state index contributed by atoms with van der Waals surface area (Å²) in [5.74, 6) is -1.21.